The van der Waals surface area contributed by atoms with Gasteiger partial charge in [0.15, 0.2) is 0 Å². The molecule has 1 aliphatic carbocycles. The van der Waals surface area contributed by atoms with Crippen molar-refractivity contribution in [1.82, 2.24) is 5.32 Å². The van der Waals surface area contributed by atoms with E-state index in [1.807, 2.05) is 31.2 Å². The van der Waals surface area contributed by atoms with E-state index >= 15 is 0 Å². The molecule has 0 aromatic heterocycles. The first-order valence-corrected chi connectivity index (χ1v) is 7.28. The zero-order valence-electron chi connectivity index (χ0n) is 12.3. The van der Waals surface area contributed by atoms with Crippen LogP contribution >= 0.6 is 0 Å². The maximum atomic E-state index is 12.0. The van der Waals surface area contributed by atoms with Crippen molar-refractivity contribution >= 4 is 5.91 Å². The van der Waals surface area contributed by atoms with Crippen LogP contribution in [0.2, 0.25) is 0 Å². The summed E-state index contributed by atoms with van der Waals surface area (Å²) in [5.41, 5.74) is 5.68. The molecular weight excluding hydrogens is 252 g/mol. The Morgan fingerprint density at radius 2 is 2.05 bits per heavy atom. The van der Waals surface area contributed by atoms with Crippen molar-refractivity contribution in [2.24, 2.45) is 5.73 Å². The normalized spacial score (nSPS) is 19.3. The second-order valence-electron chi connectivity index (χ2n) is 5.70. The predicted molar refractivity (Wildman–Crippen MR) is 79.5 cm³/mol. The lowest BCUT2D eigenvalue weighted by Crippen LogP contribution is -2.54. The van der Waals surface area contributed by atoms with E-state index in [1.165, 1.54) is 19.3 Å². The van der Waals surface area contributed by atoms with Crippen LogP contribution in [-0.4, -0.2) is 19.1 Å². The highest BCUT2D eigenvalue weighted by atomic mass is 16.5. The Balaban J connectivity index is 2.25. The summed E-state index contributed by atoms with van der Waals surface area (Å²) in [6.07, 6.45) is 5.92. The summed E-state index contributed by atoms with van der Waals surface area (Å²) in [6, 6.07) is 7.90. The molecule has 1 amide bonds. The molecule has 1 fully saturated rings. The lowest BCUT2D eigenvalue weighted by Gasteiger charge is -2.35. The van der Waals surface area contributed by atoms with Gasteiger partial charge in [0.1, 0.15) is 11.3 Å². The van der Waals surface area contributed by atoms with Gasteiger partial charge >= 0.3 is 0 Å². The summed E-state index contributed by atoms with van der Waals surface area (Å²) in [5, 5.41) is 3.47. The van der Waals surface area contributed by atoms with Gasteiger partial charge in [0.2, 0.25) is 5.91 Å². The van der Waals surface area contributed by atoms with Crippen LogP contribution in [0.1, 0.15) is 44.6 Å². The molecule has 1 atom stereocenters. The minimum absolute atomic E-state index is 0.351. The van der Waals surface area contributed by atoms with Gasteiger partial charge in [-0.15, -0.1) is 0 Å². The number of ether oxygens (including phenoxy) is 1. The molecule has 4 heteroatoms. The van der Waals surface area contributed by atoms with E-state index in [0.29, 0.717) is 6.04 Å². The number of hydrogen-bond acceptors (Lipinski definition) is 3. The number of nitrogens with two attached hydrogens (primary N) is 1. The molecule has 1 saturated carbocycles. The average molecular weight is 276 g/mol. The van der Waals surface area contributed by atoms with Crippen LogP contribution in [0.4, 0.5) is 0 Å². The minimum Gasteiger partial charge on any atom is -0.497 e. The lowest BCUT2D eigenvalue weighted by molar-refractivity contribution is -0.124. The van der Waals surface area contributed by atoms with Gasteiger partial charge in [0.25, 0.3) is 0 Å². The lowest BCUT2D eigenvalue weighted by atomic mass is 9.87. The summed E-state index contributed by atoms with van der Waals surface area (Å²) in [7, 11) is 1.62. The Hall–Kier alpha value is -1.55. The molecule has 110 valence electrons. The van der Waals surface area contributed by atoms with Crippen molar-refractivity contribution in [3.63, 3.8) is 0 Å². The third-order valence-electron chi connectivity index (χ3n) is 4.24. The summed E-state index contributed by atoms with van der Waals surface area (Å²) >= 11 is 0. The van der Waals surface area contributed by atoms with Gasteiger partial charge in [-0.1, -0.05) is 31.4 Å². The van der Waals surface area contributed by atoms with Crippen molar-refractivity contribution in [2.75, 3.05) is 7.11 Å². The second-order valence-corrected chi connectivity index (χ2v) is 5.70. The van der Waals surface area contributed by atoms with Gasteiger partial charge in [-0.2, -0.15) is 0 Å². The van der Waals surface area contributed by atoms with Crippen LogP contribution in [0.5, 0.6) is 5.75 Å². The Morgan fingerprint density at radius 1 is 1.35 bits per heavy atom. The summed E-state index contributed by atoms with van der Waals surface area (Å²) in [4.78, 5) is 12.0. The molecule has 0 aliphatic heterocycles. The Bertz CT molecular complexity index is 469. The number of primary amides is 1. The summed E-state index contributed by atoms with van der Waals surface area (Å²) in [5.74, 6) is 0.386. The Labute approximate surface area is 120 Å². The number of hydrogen-bond donors (Lipinski definition) is 2. The van der Waals surface area contributed by atoms with E-state index in [-0.39, 0.29) is 5.91 Å². The van der Waals surface area contributed by atoms with Crippen LogP contribution in [0.15, 0.2) is 24.3 Å². The molecule has 2 rings (SSSR count). The van der Waals surface area contributed by atoms with Gasteiger partial charge in [-0.25, -0.2) is 0 Å². The fourth-order valence-corrected chi connectivity index (χ4v) is 2.89. The van der Waals surface area contributed by atoms with E-state index in [4.69, 9.17) is 10.5 Å². The SMILES string of the molecule is COc1cccc(C(C)(NC2CCCCC2)C(N)=O)c1. The molecule has 0 heterocycles. The van der Waals surface area contributed by atoms with Crippen molar-refractivity contribution < 1.29 is 9.53 Å². The van der Waals surface area contributed by atoms with Crippen LogP contribution in [-0.2, 0) is 10.3 Å². The molecule has 0 radical (unpaired) electrons. The van der Waals surface area contributed by atoms with E-state index in [9.17, 15) is 4.79 Å². The summed E-state index contributed by atoms with van der Waals surface area (Å²) in [6.45, 7) is 1.86. The number of carbonyl (C=O) groups excluding carboxylic acids is 1. The van der Waals surface area contributed by atoms with E-state index < -0.39 is 5.54 Å². The van der Waals surface area contributed by atoms with E-state index in [1.54, 1.807) is 7.11 Å². The van der Waals surface area contributed by atoms with Crippen molar-refractivity contribution in [1.29, 1.82) is 0 Å². The van der Waals surface area contributed by atoms with Crippen LogP contribution < -0.4 is 15.8 Å². The molecule has 20 heavy (non-hydrogen) atoms. The van der Waals surface area contributed by atoms with Crippen LogP contribution in [0.25, 0.3) is 0 Å². The number of rotatable bonds is 5. The highest BCUT2D eigenvalue weighted by Crippen LogP contribution is 2.28. The maximum Gasteiger partial charge on any atom is 0.242 e. The first-order chi connectivity index (χ1) is 9.56. The monoisotopic (exact) mass is 276 g/mol. The molecule has 0 saturated heterocycles. The molecule has 0 spiro atoms. The molecule has 4 nitrogen and oxygen atoms in total. The molecule has 1 aromatic rings. The van der Waals surface area contributed by atoms with Crippen molar-refractivity contribution in [2.45, 2.75) is 50.6 Å². The van der Waals surface area contributed by atoms with E-state index in [2.05, 4.69) is 5.32 Å². The highest BCUT2D eigenvalue weighted by Gasteiger charge is 2.35. The molecule has 0 bridgehead atoms. The molecular formula is C16H24N2O2. The third-order valence-corrected chi connectivity index (χ3v) is 4.24. The van der Waals surface area contributed by atoms with Crippen molar-refractivity contribution in [3.8, 4) is 5.75 Å². The standard InChI is InChI=1S/C16H24N2O2/c1-16(15(17)19,18-13-8-4-3-5-9-13)12-7-6-10-14(11-12)20-2/h6-7,10-11,13,18H,3-5,8-9H2,1-2H3,(H2,17,19). The zero-order chi connectivity index (χ0) is 14.6. The predicted octanol–water partition coefficient (Wildman–Crippen LogP) is 2.32. The average Bonchev–Trinajstić information content (AvgIpc) is 2.48. The Morgan fingerprint density at radius 3 is 2.65 bits per heavy atom. The molecule has 1 aromatic carbocycles. The number of carbonyl (C=O) groups is 1. The van der Waals surface area contributed by atoms with Crippen LogP contribution in [0, 0.1) is 0 Å². The topological polar surface area (TPSA) is 64.3 Å². The number of benzene rings is 1. The molecule has 3 N–H and O–H groups in total. The van der Waals surface area contributed by atoms with Gasteiger partial charge in [-0.05, 0) is 37.5 Å². The first kappa shape index (κ1) is 14.9. The minimum atomic E-state index is -0.851. The Kier molecular flexibility index (Phi) is 4.65. The van der Waals surface area contributed by atoms with E-state index in [0.717, 1.165) is 24.2 Å². The second kappa shape index (κ2) is 6.27. The largest absolute Gasteiger partial charge is 0.497 e. The van der Waals surface area contributed by atoms with Crippen molar-refractivity contribution in [3.05, 3.63) is 29.8 Å². The van der Waals surface area contributed by atoms with Gasteiger partial charge in [-0.3, -0.25) is 10.1 Å². The summed E-state index contributed by atoms with van der Waals surface area (Å²) < 4.78 is 5.24. The van der Waals surface area contributed by atoms with Gasteiger partial charge in [0.05, 0.1) is 7.11 Å². The quantitative estimate of drug-likeness (QED) is 0.867. The number of amides is 1. The zero-order valence-corrected chi connectivity index (χ0v) is 12.3. The molecule has 1 aliphatic rings. The first-order valence-electron chi connectivity index (χ1n) is 7.28. The fraction of sp³-hybridized carbons (Fsp3) is 0.562. The van der Waals surface area contributed by atoms with Gasteiger partial charge in [0, 0.05) is 6.04 Å². The fourth-order valence-electron chi connectivity index (χ4n) is 2.89. The van der Waals surface area contributed by atoms with Crippen LogP contribution in [0.3, 0.4) is 0 Å². The highest BCUT2D eigenvalue weighted by molar-refractivity contribution is 5.85. The number of methoxy groups -OCH3 is 1. The third kappa shape index (κ3) is 3.12. The smallest absolute Gasteiger partial charge is 0.242 e. The maximum absolute atomic E-state index is 12.0. The molecule has 1 unspecified atom stereocenters. The number of nitrogens with one attached hydrogen (secondary N) is 1. The van der Waals surface area contributed by atoms with Gasteiger partial charge < -0.3 is 10.5 Å².